The first kappa shape index (κ1) is 24.7. The number of imidazole rings is 1. The lowest BCUT2D eigenvalue weighted by Gasteiger charge is -2.24. The summed E-state index contributed by atoms with van der Waals surface area (Å²) in [6, 6.07) is 18.2. The maximum atomic E-state index is 13.1. The highest BCUT2D eigenvalue weighted by Crippen LogP contribution is 2.31. The van der Waals surface area contributed by atoms with Crippen molar-refractivity contribution in [2.45, 2.75) is 32.6 Å². The molecule has 0 unspecified atom stereocenters. The van der Waals surface area contributed by atoms with Crippen LogP contribution in [0.15, 0.2) is 60.8 Å². The van der Waals surface area contributed by atoms with Crippen LogP contribution in [0.25, 0.3) is 16.9 Å². The molecule has 0 atom stereocenters. The summed E-state index contributed by atoms with van der Waals surface area (Å²) in [6.45, 7) is 5.58. The van der Waals surface area contributed by atoms with Crippen LogP contribution in [0, 0.1) is 5.92 Å². The van der Waals surface area contributed by atoms with Crippen molar-refractivity contribution in [1.82, 2.24) is 19.4 Å². The quantitative estimate of drug-likeness (QED) is 0.474. The summed E-state index contributed by atoms with van der Waals surface area (Å²) in [6.07, 6.45) is 3.76. The average molecular weight is 474 g/mol. The number of aromatic nitrogens is 2. The second-order valence-corrected chi connectivity index (χ2v) is 9.82. The standard InChI is InChI=1S/C28H35N5O2/c1-20(2)21-12-14-24(15-13-21)33-18-25(22-8-6-5-7-9-22)29-28(33)30-26(34)19-32(17-16-31(3)4)27(35)23-10-11-23/h5-9,12-15,18,20,23H,10-11,16-17,19H2,1-4H3,(H,29,30,34). The molecule has 1 N–H and O–H groups in total. The Balaban J connectivity index is 1.58. The van der Waals surface area contributed by atoms with E-state index in [4.69, 9.17) is 4.98 Å². The molecule has 0 bridgehead atoms. The van der Waals surface area contributed by atoms with Crippen molar-refractivity contribution in [3.8, 4) is 16.9 Å². The van der Waals surface area contributed by atoms with E-state index >= 15 is 0 Å². The van der Waals surface area contributed by atoms with Gasteiger partial charge in [-0.05, 0) is 50.6 Å². The van der Waals surface area contributed by atoms with Crippen molar-refractivity contribution >= 4 is 17.8 Å². The molecule has 35 heavy (non-hydrogen) atoms. The smallest absolute Gasteiger partial charge is 0.246 e. The van der Waals surface area contributed by atoms with E-state index in [9.17, 15) is 9.59 Å². The van der Waals surface area contributed by atoms with Crippen molar-refractivity contribution in [2.24, 2.45) is 5.92 Å². The Bertz CT molecular complexity index is 1150. The summed E-state index contributed by atoms with van der Waals surface area (Å²) in [7, 11) is 3.93. The number of amides is 2. The summed E-state index contributed by atoms with van der Waals surface area (Å²) in [5.74, 6) is 0.763. The number of anilines is 1. The van der Waals surface area contributed by atoms with Gasteiger partial charge in [-0.3, -0.25) is 19.5 Å². The van der Waals surface area contributed by atoms with Gasteiger partial charge in [0.2, 0.25) is 17.8 Å². The van der Waals surface area contributed by atoms with Crippen LogP contribution >= 0.6 is 0 Å². The SMILES string of the molecule is CC(C)c1ccc(-n2cc(-c3ccccc3)nc2NC(=O)CN(CCN(C)C)C(=O)C2CC2)cc1. The minimum atomic E-state index is -0.247. The lowest BCUT2D eigenvalue weighted by atomic mass is 10.0. The summed E-state index contributed by atoms with van der Waals surface area (Å²) < 4.78 is 1.90. The topological polar surface area (TPSA) is 70.5 Å². The van der Waals surface area contributed by atoms with Gasteiger partial charge in [-0.1, -0.05) is 56.3 Å². The van der Waals surface area contributed by atoms with E-state index in [0.29, 0.717) is 25.0 Å². The van der Waals surface area contributed by atoms with E-state index in [1.807, 2.05) is 72.2 Å². The third kappa shape index (κ3) is 6.36. The number of likely N-dealkylation sites (N-methyl/N-ethyl adjacent to an activating group) is 1. The first-order valence-corrected chi connectivity index (χ1v) is 12.3. The zero-order chi connectivity index (χ0) is 24.9. The molecule has 2 amide bonds. The largest absolute Gasteiger partial charge is 0.332 e. The third-order valence-corrected chi connectivity index (χ3v) is 6.25. The third-order valence-electron chi connectivity index (χ3n) is 6.25. The molecule has 1 aromatic heterocycles. The molecule has 184 valence electrons. The molecule has 0 aliphatic heterocycles. The van der Waals surface area contributed by atoms with E-state index in [-0.39, 0.29) is 24.3 Å². The average Bonchev–Trinajstić information content (AvgIpc) is 3.62. The number of nitrogens with zero attached hydrogens (tertiary/aromatic N) is 4. The molecule has 2 aromatic carbocycles. The highest BCUT2D eigenvalue weighted by atomic mass is 16.2. The maximum absolute atomic E-state index is 13.1. The van der Waals surface area contributed by atoms with Crippen molar-refractivity contribution in [3.05, 3.63) is 66.4 Å². The van der Waals surface area contributed by atoms with E-state index in [1.165, 1.54) is 5.56 Å². The Morgan fingerprint density at radius 3 is 2.31 bits per heavy atom. The minimum absolute atomic E-state index is 0.0169. The van der Waals surface area contributed by atoms with Crippen LogP contribution in [-0.4, -0.2) is 64.9 Å². The number of carbonyl (C=O) groups is 2. The van der Waals surface area contributed by atoms with Crippen molar-refractivity contribution in [2.75, 3.05) is 39.0 Å². The number of hydrogen-bond donors (Lipinski definition) is 1. The number of hydrogen-bond acceptors (Lipinski definition) is 4. The Morgan fingerprint density at radius 1 is 1.03 bits per heavy atom. The zero-order valence-electron chi connectivity index (χ0n) is 21.1. The van der Waals surface area contributed by atoms with Gasteiger partial charge in [0.05, 0.1) is 12.2 Å². The Kier molecular flexibility index (Phi) is 7.66. The lowest BCUT2D eigenvalue weighted by molar-refractivity contribution is -0.136. The van der Waals surface area contributed by atoms with Gasteiger partial charge in [0, 0.05) is 36.5 Å². The molecule has 0 spiro atoms. The number of nitrogens with one attached hydrogen (secondary N) is 1. The van der Waals surface area contributed by atoms with Gasteiger partial charge < -0.3 is 9.80 Å². The second kappa shape index (κ2) is 10.9. The van der Waals surface area contributed by atoms with Crippen molar-refractivity contribution in [3.63, 3.8) is 0 Å². The van der Waals surface area contributed by atoms with Gasteiger partial charge in [0.1, 0.15) is 0 Å². The monoisotopic (exact) mass is 473 g/mol. The number of rotatable bonds is 10. The molecular weight excluding hydrogens is 438 g/mol. The molecule has 1 saturated carbocycles. The minimum Gasteiger partial charge on any atom is -0.332 e. The van der Waals surface area contributed by atoms with E-state index < -0.39 is 0 Å². The molecule has 1 fully saturated rings. The fraction of sp³-hybridized carbons (Fsp3) is 0.393. The van der Waals surface area contributed by atoms with Crippen molar-refractivity contribution < 1.29 is 9.59 Å². The summed E-state index contributed by atoms with van der Waals surface area (Å²) >= 11 is 0. The molecule has 1 aliphatic rings. The van der Waals surface area contributed by atoms with Gasteiger partial charge >= 0.3 is 0 Å². The molecule has 1 heterocycles. The van der Waals surface area contributed by atoms with Crippen LogP contribution in [0.2, 0.25) is 0 Å². The van der Waals surface area contributed by atoms with Gasteiger partial charge in [0.25, 0.3) is 0 Å². The Morgan fingerprint density at radius 2 is 1.71 bits per heavy atom. The second-order valence-electron chi connectivity index (χ2n) is 9.82. The summed E-state index contributed by atoms with van der Waals surface area (Å²) in [5, 5.41) is 2.97. The predicted octanol–water partition coefficient (Wildman–Crippen LogP) is 4.40. The van der Waals surface area contributed by atoms with E-state index in [1.54, 1.807) is 4.90 Å². The van der Waals surface area contributed by atoms with Gasteiger partial charge in [-0.15, -0.1) is 0 Å². The van der Waals surface area contributed by atoms with Crippen LogP contribution in [0.4, 0.5) is 5.95 Å². The van der Waals surface area contributed by atoms with E-state index in [0.717, 1.165) is 29.8 Å². The van der Waals surface area contributed by atoms with Crippen LogP contribution in [0.5, 0.6) is 0 Å². The van der Waals surface area contributed by atoms with E-state index in [2.05, 4.69) is 31.3 Å². The molecule has 3 aromatic rings. The number of benzene rings is 2. The first-order valence-electron chi connectivity index (χ1n) is 12.3. The molecule has 7 heteroatoms. The highest BCUT2D eigenvalue weighted by molar-refractivity contribution is 5.94. The highest BCUT2D eigenvalue weighted by Gasteiger charge is 2.34. The van der Waals surface area contributed by atoms with Crippen LogP contribution in [0.3, 0.4) is 0 Å². The van der Waals surface area contributed by atoms with Gasteiger partial charge in [-0.2, -0.15) is 0 Å². The van der Waals surface area contributed by atoms with Crippen molar-refractivity contribution in [1.29, 1.82) is 0 Å². The molecular formula is C28H35N5O2. The van der Waals surface area contributed by atoms with Crippen LogP contribution in [0.1, 0.15) is 38.2 Å². The molecule has 7 nitrogen and oxygen atoms in total. The molecule has 4 rings (SSSR count). The normalized spacial score (nSPS) is 13.3. The summed E-state index contributed by atoms with van der Waals surface area (Å²) in [4.78, 5) is 34.3. The summed E-state index contributed by atoms with van der Waals surface area (Å²) in [5.41, 5.74) is 3.90. The maximum Gasteiger partial charge on any atom is 0.246 e. The zero-order valence-corrected chi connectivity index (χ0v) is 21.1. The van der Waals surface area contributed by atoms with Crippen LogP contribution < -0.4 is 5.32 Å². The molecule has 1 aliphatic carbocycles. The Labute approximate surface area is 207 Å². The molecule has 0 saturated heterocycles. The first-order chi connectivity index (χ1) is 16.8. The Hall–Kier alpha value is -3.45. The molecule has 0 radical (unpaired) electrons. The predicted molar refractivity (Wildman–Crippen MR) is 140 cm³/mol. The fourth-order valence-electron chi connectivity index (χ4n) is 3.95. The van der Waals surface area contributed by atoms with Gasteiger partial charge in [-0.25, -0.2) is 4.98 Å². The number of carbonyl (C=O) groups excluding carboxylic acids is 2. The fourth-order valence-corrected chi connectivity index (χ4v) is 3.95. The van der Waals surface area contributed by atoms with Crippen LogP contribution in [-0.2, 0) is 9.59 Å². The van der Waals surface area contributed by atoms with Gasteiger partial charge in [0.15, 0.2) is 0 Å². The lowest BCUT2D eigenvalue weighted by Crippen LogP contribution is -2.42.